The zero-order valence-corrected chi connectivity index (χ0v) is 11.2. The van der Waals surface area contributed by atoms with E-state index in [1.54, 1.807) is 7.05 Å². The Morgan fingerprint density at radius 2 is 2.15 bits per heavy atom. The summed E-state index contributed by atoms with van der Waals surface area (Å²) in [4.78, 5) is 27.1. The first-order valence-corrected chi connectivity index (χ1v) is 6.39. The van der Waals surface area contributed by atoms with Crippen molar-refractivity contribution in [3.05, 3.63) is 16.2 Å². The van der Waals surface area contributed by atoms with Gasteiger partial charge in [-0.1, -0.05) is 0 Å². The molecule has 0 radical (unpaired) electrons. The van der Waals surface area contributed by atoms with Crippen LogP contribution in [-0.2, 0) is 4.79 Å². The van der Waals surface area contributed by atoms with Crippen molar-refractivity contribution in [1.82, 2.24) is 4.98 Å². The van der Waals surface area contributed by atoms with Gasteiger partial charge < -0.3 is 15.0 Å². The lowest BCUT2D eigenvalue weighted by Crippen LogP contribution is -2.30. The molecule has 1 aromatic rings. The van der Waals surface area contributed by atoms with Crippen molar-refractivity contribution in [2.45, 2.75) is 19.3 Å². The van der Waals surface area contributed by atoms with Crippen molar-refractivity contribution in [3.8, 4) is 5.88 Å². The van der Waals surface area contributed by atoms with Gasteiger partial charge >= 0.3 is 5.69 Å². The summed E-state index contributed by atoms with van der Waals surface area (Å²) in [5, 5.41) is 14.0. The van der Waals surface area contributed by atoms with Crippen LogP contribution in [0.15, 0.2) is 6.07 Å². The number of carbonyl (C=O) groups excluding carboxylic acids is 1. The fourth-order valence-electron chi connectivity index (χ4n) is 2.34. The lowest BCUT2D eigenvalue weighted by atomic mass is 10.1. The van der Waals surface area contributed by atoms with Gasteiger partial charge in [-0.05, 0) is 19.3 Å². The fourth-order valence-corrected chi connectivity index (χ4v) is 2.34. The van der Waals surface area contributed by atoms with Crippen molar-refractivity contribution in [2.24, 2.45) is 0 Å². The molecule has 0 unspecified atom stereocenters. The molecule has 1 aliphatic rings. The van der Waals surface area contributed by atoms with Gasteiger partial charge in [0.2, 0.25) is 11.7 Å². The summed E-state index contributed by atoms with van der Waals surface area (Å²) >= 11 is 0. The van der Waals surface area contributed by atoms with Crippen LogP contribution in [0.1, 0.15) is 19.3 Å². The van der Waals surface area contributed by atoms with E-state index in [1.807, 2.05) is 4.90 Å². The van der Waals surface area contributed by atoms with Crippen molar-refractivity contribution in [3.63, 3.8) is 0 Å². The molecular weight excluding hydrogens is 264 g/mol. The van der Waals surface area contributed by atoms with Crippen molar-refractivity contribution in [1.29, 1.82) is 0 Å². The molecule has 8 heteroatoms. The molecule has 2 heterocycles. The Labute approximate surface area is 115 Å². The van der Waals surface area contributed by atoms with E-state index in [0.717, 1.165) is 32.4 Å². The van der Waals surface area contributed by atoms with E-state index in [9.17, 15) is 14.9 Å². The number of hydrogen-bond acceptors (Lipinski definition) is 7. The second kappa shape index (κ2) is 6.18. The number of nitro groups is 1. The van der Waals surface area contributed by atoms with Gasteiger partial charge in [-0.25, -0.2) is 0 Å². The van der Waals surface area contributed by atoms with E-state index >= 15 is 0 Å². The zero-order valence-electron chi connectivity index (χ0n) is 11.2. The molecule has 1 aliphatic heterocycles. The van der Waals surface area contributed by atoms with E-state index < -0.39 is 4.92 Å². The van der Waals surface area contributed by atoms with Crippen LogP contribution >= 0.6 is 0 Å². The number of piperidine rings is 1. The van der Waals surface area contributed by atoms with Crippen LogP contribution in [0.4, 0.5) is 17.2 Å². The minimum atomic E-state index is -0.465. The number of rotatable bonds is 5. The van der Waals surface area contributed by atoms with E-state index in [0.29, 0.717) is 5.69 Å². The topological polar surface area (TPSA) is 97.6 Å². The Hall–Kier alpha value is -2.38. The maximum atomic E-state index is 11.3. The lowest BCUT2D eigenvalue weighted by molar-refractivity contribution is -0.383. The predicted molar refractivity (Wildman–Crippen MR) is 73.2 cm³/mol. The monoisotopic (exact) mass is 280 g/mol. The van der Waals surface area contributed by atoms with Gasteiger partial charge in [0.1, 0.15) is 5.69 Å². The number of hydrogen-bond donors (Lipinski definition) is 1. The predicted octanol–water partition coefficient (Wildman–Crippen LogP) is 1.56. The van der Waals surface area contributed by atoms with Gasteiger partial charge in [-0.3, -0.25) is 14.9 Å². The van der Waals surface area contributed by atoms with Crippen LogP contribution in [0.3, 0.4) is 0 Å². The van der Waals surface area contributed by atoms with E-state index in [2.05, 4.69) is 10.3 Å². The van der Waals surface area contributed by atoms with Gasteiger partial charge in [0, 0.05) is 26.2 Å². The SMILES string of the molecule is CNc1nc(OC=O)cc(N2CCCCC2)c1[N+](=O)[O-]. The Kier molecular flexibility index (Phi) is 4.34. The van der Waals surface area contributed by atoms with Crippen LogP contribution in [-0.4, -0.2) is 36.5 Å². The molecule has 0 bridgehead atoms. The van der Waals surface area contributed by atoms with Gasteiger partial charge in [0.05, 0.1) is 4.92 Å². The highest BCUT2D eigenvalue weighted by atomic mass is 16.6. The Morgan fingerprint density at radius 1 is 1.45 bits per heavy atom. The molecule has 0 atom stereocenters. The molecule has 20 heavy (non-hydrogen) atoms. The number of pyridine rings is 1. The molecule has 1 aromatic heterocycles. The maximum Gasteiger partial charge on any atom is 0.334 e. The quantitative estimate of drug-likeness (QED) is 0.496. The molecule has 1 saturated heterocycles. The summed E-state index contributed by atoms with van der Waals surface area (Å²) in [6.45, 7) is 1.75. The molecule has 8 nitrogen and oxygen atoms in total. The molecule has 1 fully saturated rings. The molecule has 0 amide bonds. The smallest absolute Gasteiger partial charge is 0.334 e. The highest BCUT2D eigenvalue weighted by Gasteiger charge is 2.27. The number of ether oxygens (including phenoxy) is 1. The molecule has 0 spiro atoms. The Balaban J connectivity index is 2.51. The summed E-state index contributed by atoms with van der Waals surface area (Å²) in [6.07, 6.45) is 3.09. The van der Waals surface area contributed by atoms with Crippen molar-refractivity contribution in [2.75, 3.05) is 30.4 Å². The van der Waals surface area contributed by atoms with E-state index in [-0.39, 0.29) is 23.9 Å². The third-order valence-corrected chi connectivity index (χ3v) is 3.23. The Morgan fingerprint density at radius 3 is 2.70 bits per heavy atom. The largest absolute Gasteiger partial charge is 0.410 e. The second-order valence-electron chi connectivity index (χ2n) is 4.45. The minimum Gasteiger partial charge on any atom is -0.410 e. The maximum absolute atomic E-state index is 11.3. The molecule has 0 saturated carbocycles. The van der Waals surface area contributed by atoms with Crippen LogP contribution < -0.4 is 15.0 Å². The lowest BCUT2D eigenvalue weighted by Gasteiger charge is -2.28. The standard InChI is InChI=1S/C12H16N4O4/c1-13-12-11(16(18)19)9(7-10(14-12)20-8-17)15-5-3-2-4-6-15/h7-8H,2-6H2,1H3,(H,13,14). The first-order chi connectivity index (χ1) is 9.67. The van der Waals surface area contributed by atoms with E-state index in [4.69, 9.17) is 4.74 Å². The van der Waals surface area contributed by atoms with Crippen LogP contribution in [0.25, 0.3) is 0 Å². The molecule has 0 aromatic carbocycles. The highest BCUT2D eigenvalue weighted by Crippen LogP contribution is 2.38. The molecule has 1 N–H and O–H groups in total. The van der Waals surface area contributed by atoms with Crippen molar-refractivity contribution < 1.29 is 14.5 Å². The molecule has 0 aliphatic carbocycles. The first-order valence-electron chi connectivity index (χ1n) is 6.39. The van der Waals surface area contributed by atoms with Crippen LogP contribution in [0, 0.1) is 10.1 Å². The first kappa shape index (κ1) is 14.0. The average Bonchev–Trinajstić information content (AvgIpc) is 2.47. The molecular formula is C12H16N4O4. The zero-order chi connectivity index (χ0) is 14.5. The number of anilines is 2. The van der Waals surface area contributed by atoms with Crippen molar-refractivity contribution >= 4 is 23.7 Å². The summed E-state index contributed by atoms with van der Waals surface area (Å²) in [6, 6.07) is 1.44. The summed E-state index contributed by atoms with van der Waals surface area (Å²) in [5.74, 6) is 0.144. The number of carbonyl (C=O) groups is 1. The normalized spacial score (nSPS) is 14.8. The van der Waals surface area contributed by atoms with Crippen LogP contribution in [0.2, 0.25) is 0 Å². The van der Waals surface area contributed by atoms with Gasteiger partial charge in [0.15, 0.2) is 0 Å². The van der Waals surface area contributed by atoms with Gasteiger partial charge in [-0.15, -0.1) is 0 Å². The summed E-state index contributed by atoms with van der Waals surface area (Å²) < 4.78 is 4.73. The number of aromatic nitrogens is 1. The minimum absolute atomic E-state index is 0.0514. The van der Waals surface area contributed by atoms with Gasteiger partial charge in [-0.2, -0.15) is 4.98 Å². The number of nitrogens with one attached hydrogen (secondary N) is 1. The average molecular weight is 280 g/mol. The summed E-state index contributed by atoms with van der Waals surface area (Å²) in [7, 11) is 1.54. The van der Waals surface area contributed by atoms with Gasteiger partial charge in [0.25, 0.3) is 6.47 Å². The van der Waals surface area contributed by atoms with Crippen LogP contribution in [0.5, 0.6) is 5.88 Å². The third kappa shape index (κ3) is 2.79. The fraction of sp³-hybridized carbons (Fsp3) is 0.500. The molecule has 108 valence electrons. The molecule has 2 rings (SSSR count). The van der Waals surface area contributed by atoms with E-state index in [1.165, 1.54) is 6.07 Å². The summed E-state index contributed by atoms with van der Waals surface area (Å²) in [5.41, 5.74) is 0.346. The Bertz CT molecular complexity index is 514. The number of nitrogens with zero attached hydrogens (tertiary/aromatic N) is 3. The third-order valence-electron chi connectivity index (χ3n) is 3.23. The highest BCUT2D eigenvalue weighted by molar-refractivity contribution is 5.76. The second-order valence-corrected chi connectivity index (χ2v) is 4.45.